The number of halogens is 4. The summed E-state index contributed by atoms with van der Waals surface area (Å²) in [5, 5.41) is 1.45. The van der Waals surface area contributed by atoms with Crippen LogP contribution in [0, 0.1) is 0 Å². The second kappa shape index (κ2) is 8.56. The lowest BCUT2D eigenvalue weighted by molar-refractivity contribution is 0.254. The predicted octanol–water partition coefficient (Wildman–Crippen LogP) is 3.80. The third kappa shape index (κ3) is 5.30. The smallest absolute Gasteiger partial charge is 0.0453 e. The largest absolute Gasteiger partial charge is 0.326 e. The quantitative estimate of drug-likeness (QED) is 0.902. The number of nitrogens with two attached hydrogens (primary N) is 1. The Hall–Kier alpha value is 0.300. The number of nitrogens with zero attached hydrogens (tertiary/aromatic N) is 1. The van der Waals surface area contributed by atoms with Crippen molar-refractivity contribution in [1.29, 1.82) is 0 Å². The molecule has 2 rings (SSSR count). The van der Waals surface area contributed by atoms with E-state index >= 15 is 0 Å². The summed E-state index contributed by atoms with van der Waals surface area (Å²) in [5.74, 6) is 0. The minimum Gasteiger partial charge on any atom is -0.326 e. The molecule has 110 valence electrons. The van der Waals surface area contributed by atoms with Gasteiger partial charge in [0.15, 0.2) is 0 Å². The molecule has 19 heavy (non-hydrogen) atoms. The maximum atomic E-state index is 6.18. The Bertz CT molecular complexity index is 400. The van der Waals surface area contributed by atoms with Crippen molar-refractivity contribution in [3.63, 3.8) is 0 Å². The van der Waals surface area contributed by atoms with Crippen LogP contribution in [0.25, 0.3) is 0 Å². The second-order valence-corrected chi connectivity index (χ2v) is 5.68. The standard InChI is InChI=1S/C13H18Cl2N2.2ClH/c1-9(17-5-4-12(16)8-17)6-10-2-3-11(14)7-13(10)15;;/h2-3,7,9,12H,4-6,8,16H2,1H3;2*1H. The molecule has 6 heteroatoms. The maximum absolute atomic E-state index is 6.18. The summed E-state index contributed by atoms with van der Waals surface area (Å²) in [6.07, 6.45) is 2.04. The highest BCUT2D eigenvalue weighted by molar-refractivity contribution is 6.35. The molecule has 1 fully saturated rings. The summed E-state index contributed by atoms with van der Waals surface area (Å²) in [4.78, 5) is 2.43. The Kier molecular flexibility index (Phi) is 8.69. The molecule has 0 aliphatic carbocycles. The number of likely N-dealkylation sites (tertiary alicyclic amines) is 1. The van der Waals surface area contributed by atoms with Crippen molar-refractivity contribution in [2.45, 2.75) is 31.8 Å². The Morgan fingerprint density at radius 1 is 1.37 bits per heavy atom. The van der Waals surface area contributed by atoms with E-state index in [1.807, 2.05) is 12.1 Å². The van der Waals surface area contributed by atoms with Gasteiger partial charge in [-0.15, -0.1) is 24.8 Å². The first-order valence-corrected chi connectivity index (χ1v) is 6.75. The minimum atomic E-state index is 0. The number of hydrogen-bond acceptors (Lipinski definition) is 2. The van der Waals surface area contributed by atoms with Crippen molar-refractivity contribution >= 4 is 48.0 Å². The molecule has 0 aromatic heterocycles. The van der Waals surface area contributed by atoms with Crippen LogP contribution in [0.4, 0.5) is 0 Å². The van der Waals surface area contributed by atoms with Crippen molar-refractivity contribution in [2.24, 2.45) is 5.73 Å². The van der Waals surface area contributed by atoms with Crippen molar-refractivity contribution < 1.29 is 0 Å². The third-order valence-corrected chi connectivity index (χ3v) is 4.00. The summed E-state index contributed by atoms with van der Waals surface area (Å²) in [6.45, 7) is 4.31. The zero-order chi connectivity index (χ0) is 12.4. The van der Waals surface area contributed by atoms with Crippen LogP contribution in [-0.2, 0) is 6.42 Å². The van der Waals surface area contributed by atoms with Crippen LogP contribution in [0.3, 0.4) is 0 Å². The Morgan fingerprint density at radius 2 is 2.05 bits per heavy atom. The van der Waals surface area contributed by atoms with Crippen LogP contribution in [0.5, 0.6) is 0 Å². The first-order chi connectivity index (χ1) is 8.06. The van der Waals surface area contributed by atoms with Crippen molar-refractivity contribution in [3.8, 4) is 0 Å². The lowest BCUT2D eigenvalue weighted by Crippen LogP contribution is -2.35. The number of benzene rings is 1. The van der Waals surface area contributed by atoms with Crippen LogP contribution in [0.1, 0.15) is 18.9 Å². The highest BCUT2D eigenvalue weighted by Crippen LogP contribution is 2.24. The van der Waals surface area contributed by atoms with Crippen molar-refractivity contribution in [3.05, 3.63) is 33.8 Å². The van der Waals surface area contributed by atoms with E-state index in [2.05, 4.69) is 11.8 Å². The van der Waals surface area contributed by atoms with Crippen molar-refractivity contribution in [2.75, 3.05) is 13.1 Å². The average molecular weight is 346 g/mol. The third-order valence-electron chi connectivity index (χ3n) is 3.41. The molecule has 0 bridgehead atoms. The van der Waals surface area contributed by atoms with Gasteiger partial charge in [-0.2, -0.15) is 0 Å². The molecule has 1 aliphatic rings. The number of rotatable bonds is 3. The van der Waals surface area contributed by atoms with Crippen LogP contribution >= 0.6 is 48.0 Å². The molecule has 1 saturated heterocycles. The normalized spacial score (nSPS) is 20.5. The van der Waals surface area contributed by atoms with E-state index in [-0.39, 0.29) is 24.8 Å². The zero-order valence-electron chi connectivity index (χ0n) is 10.8. The van der Waals surface area contributed by atoms with Crippen LogP contribution in [-0.4, -0.2) is 30.1 Å². The second-order valence-electron chi connectivity index (χ2n) is 4.83. The van der Waals surface area contributed by atoms with Gasteiger partial charge in [-0.05, 0) is 37.5 Å². The van der Waals surface area contributed by atoms with Crippen LogP contribution < -0.4 is 5.73 Å². The first-order valence-electron chi connectivity index (χ1n) is 6.00. The van der Waals surface area contributed by atoms with Gasteiger partial charge < -0.3 is 5.73 Å². The van der Waals surface area contributed by atoms with Gasteiger partial charge >= 0.3 is 0 Å². The summed E-state index contributed by atoms with van der Waals surface area (Å²) in [7, 11) is 0. The van der Waals surface area contributed by atoms with E-state index in [0.717, 1.165) is 36.5 Å². The average Bonchev–Trinajstić information content (AvgIpc) is 2.69. The lowest BCUT2D eigenvalue weighted by atomic mass is 10.1. The minimum absolute atomic E-state index is 0. The fraction of sp³-hybridized carbons (Fsp3) is 0.538. The molecule has 2 unspecified atom stereocenters. The highest BCUT2D eigenvalue weighted by Gasteiger charge is 2.23. The monoisotopic (exact) mass is 344 g/mol. The van der Waals surface area contributed by atoms with E-state index < -0.39 is 0 Å². The molecule has 1 aromatic carbocycles. The van der Waals surface area contributed by atoms with Gasteiger partial charge in [-0.3, -0.25) is 4.90 Å². The van der Waals surface area contributed by atoms with Crippen LogP contribution in [0.15, 0.2) is 18.2 Å². The summed E-state index contributed by atoms with van der Waals surface area (Å²) >= 11 is 12.1. The predicted molar refractivity (Wildman–Crippen MR) is 88.3 cm³/mol. The van der Waals surface area contributed by atoms with Crippen LogP contribution in [0.2, 0.25) is 10.0 Å². The molecule has 0 spiro atoms. The fourth-order valence-corrected chi connectivity index (χ4v) is 2.84. The van der Waals surface area contributed by atoms with Gasteiger partial charge in [0.05, 0.1) is 0 Å². The Balaban J connectivity index is 0.00000162. The van der Waals surface area contributed by atoms with E-state index in [1.165, 1.54) is 0 Å². The molecule has 1 heterocycles. The topological polar surface area (TPSA) is 29.3 Å². The maximum Gasteiger partial charge on any atom is 0.0453 e. The van der Waals surface area contributed by atoms with Gasteiger partial charge in [0, 0.05) is 35.2 Å². The molecule has 1 aromatic rings. The van der Waals surface area contributed by atoms with E-state index in [0.29, 0.717) is 17.1 Å². The highest BCUT2D eigenvalue weighted by atomic mass is 35.5. The fourth-order valence-electron chi connectivity index (χ4n) is 2.35. The lowest BCUT2D eigenvalue weighted by Gasteiger charge is -2.24. The van der Waals surface area contributed by atoms with E-state index in [9.17, 15) is 0 Å². The number of hydrogen-bond donors (Lipinski definition) is 1. The Morgan fingerprint density at radius 3 is 2.58 bits per heavy atom. The zero-order valence-corrected chi connectivity index (χ0v) is 14.0. The molecule has 0 amide bonds. The summed E-state index contributed by atoms with van der Waals surface area (Å²) in [5.41, 5.74) is 7.08. The Labute approximate surface area is 137 Å². The summed E-state index contributed by atoms with van der Waals surface area (Å²) < 4.78 is 0. The molecule has 0 saturated carbocycles. The van der Waals surface area contributed by atoms with Gasteiger partial charge in [-0.25, -0.2) is 0 Å². The van der Waals surface area contributed by atoms with E-state index in [1.54, 1.807) is 6.07 Å². The molecule has 2 atom stereocenters. The molecule has 2 nitrogen and oxygen atoms in total. The SMILES string of the molecule is CC(Cc1ccc(Cl)cc1Cl)N1CCC(N)C1.Cl.Cl. The first kappa shape index (κ1) is 19.3. The summed E-state index contributed by atoms with van der Waals surface area (Å²) in [6, 6.07) is 6.52. The van der Waals surface area contributed by atoms with Gasteiger partial charge in [-0.1, -0.05) is 29.3 Å². The molecular weight excluding hydrogens is 326 g/mol. The van der Waals surface area contributed by atoms with Gasteiger partial charge in [0.2, 0.25) is 0 Å². The van der Waals surface area contributed by atoms with Gasteiger partial charge in [0.25, 0.3) is 0 Å². The molecular formula is C13H20Cl4N2. The van der Waals surface area contributed by atoms with Gasteiger partial charge in [0.1, 0.15) is 0 Å². The van der Waals surface area contributed by atoms with E-state index in [4.69, 9.17) is 28.9 Å². The molecule has 0 radical (unpaired) electrons. The van der Waals surface area contributed by atoms with Crippen molar-refractivity contribution in [1.82, 2.24) is 4.90 Å². The molecule has 2 N–H and O–H groups in total. The molecule has 1 aliphatic heterocycles.